The van der Waals surface area contributed by atoms with Crippen molar-refractivity contribution in [2.24, 2.45) is 0 Å². The quantitative estimate of drug-likeness (QED) is 0.0796. The van der Waals surface area contributed by atoms with Crippen molar-refractivity contribution in [2.75, 3.05) is 6.67 Å². The third-order valence-electron chi connectivity index (χ3n) is 6.52. The topological polar surface area (TPSA) is 78.9 Å². The fraction of sp³-hybridized carbons (Fsp3) is 0.0750. The molecule has 0 radical (unpaired) electrons. The smallest absolute Gasteiger partial charge is 0.335 e. The molecule has 0 atom stereocenters. The number of halogens is 1. The van der Waals surface area contributed by atoms with Crippen LogP contribution in [-0.2, 0) is 20.8 Å². The molecule has 0 spiro atoms. The number of hydrogen-bond acceptors (Lipinski definition) is 6. The lowest BCUT2D eigenvalue weighted by molar-refractivity contribution is -0.129. The summed E-state index contributed by atoms with van der Waals surface area (Å²) in [6, 6.07) is 24.7. The van der Waals surface area contributed by atoms with Gasteiger partial charge in [-0.3, -0.25) is 4.39 Å². The van der Waals surface area contributed by atoms with Gasteiger partial charge in [-0.15, -0.1) is 0 Å². The molecule has 4 rings (SSSR count). The highest BCUT2D eigenvalue weighted by atomic mass is 19.1. The molecule has 0 heterocycles. The van der Waals surface area contributed by atoms with Crippen molar-refractivity contribution in [3.8, 4) is 52.1 Å². The van der Waals surface area contributed by atoms with Gasteiger partial charge in [0.2, 0.25) is 0 Å². The summed E-state index contributed by atoms with van der Waals surface area (Å²) < 4.78 is 29.0. The number of rotatable bonds is 10. The predicted molar refractivity (Wildman–Crippen MR) is 179 cm³/mol. The second kappa shape index (κ2) is 16.6. The van der Waals surface area contributed by atoms with Crippen molar-refractivity contribution >= 4 is 17.9 Å². The van der Waals surface area contributed by atoms with Gasteiger partial charge in [-0.25, -0.2) is 14.4 Å². The molecule has 6 nitrogen and oxygen atoms in total. The van der Waals surface area contributed by atoms with E-state index in [1.54, 1.807) is 42.5 Å². The van der Waals surface area contributed by atoms with E-state index < -0.39 is 24.6 Å². The number of ether oxygens (including phenoxy) is 3. The number of carbonyl (C=O) groups is 3. The summed E-state index contributed by atoms with van der Waals surface area (Å²) in [5.41, 5.74) is 4.88. The van der Waals surface area contributed by atoms with Gasteiger partial charge >= 0.3 is 17.9 Å². The number of benzene rings is 4. The number of aryl methyl sites for hydroxylation is 1. The summed E-state index contributed by atoms with van der Waals surface area (Å²) in [4.78, 5) is 35.1. The van der Waals surface area contributed by atoms with Crippen molar-refractivity contribution in [1.82, 2.24) is 0 Å². The van der Waals surface area contributed by atoms with E-state index in [-0.39, 0.29) is 12.2 Å². The van der Waals surface area contributed by atoms with Crippen LogP contribution in [-0.4, -0.2) is 24.6 Å². The molecular weight excluding hydrogens is 595 g/mol. The van der Waals surface area contributed by atoms with Crippen LogP contribution in [0.5, 0.6) is 17.2 Å². The molecule has 0 fully saturated rings. The van der Waals surface area contributed by atoms with Crippen molar-refractivity contribution < 1.29 is 33.0 Å². The highest BCUT2D eigenvalue weighted by molar-refractivity contribution is 5.85. The Morgan fingerprint density at radius 2 is 1.04 bits per heavy atom. The second-order valence-electron chi connectivity index (χ2n) is 9.80. The van der Waals surface area contributed by atoms with Crippen molar-refractivity contribution in [3.05, 3.63) is 151 Å². The normalized spacial score (nSPS) is 9.81. The Morgan fingerprint density at radius 3 is 1.57 bits per heavy atom. The van der Waals surface area contributed by atoms with Gasteiger partial charge < -0.3 is 14.2 Å². The molecule has 0 amide bonds. The van der Waals surface area contributed by atoms with Gasteiger partial charge in [0.15, 0.2) is 0 Å². The standard InChI is InChI=1S/C40H29FO6/c1-4-38(42)45-34-20-13-29(14-21-34)15-24-36-33(8-7-25-41)26-30(27-37(36)47-40(44)6-3)10-9-28-11-16-31(17-12-28)32-18-22-35(23-19-32)46-39(43)5-2/h4-6,11-14,16-23,26-27H,1-3,7-8,25H2. The fourth-order valence-electron chi connectivity index (χ4n) is 4.23. The number of esters is 3. The Balaban J connectivity index is 1.63. The summed E-state index contributed by atoms with van der Waals surface area (Å²) in [5.74, 6) is 11.5. The summed E-state index contributed by atoms with van der Waals surface area (Å²) in [5, 5.41) is 0. The minimum atomic E-state index is -0.675. The molecule has 232 valence electrons. The lowest BCUT2D eigenvalue weighted by atomic mass is 9.98. The maximum Gasteiger partial charge on any atom is 0.335 e. The fourth-order valence-corrected chi connectivity index (χ4v) is 4.23. The van der Waals surface area contributed by atoms with Gasteiger partial charge in [-0.1, -0.05) is 67.7 Å². The van der Waals surface area contributed by atoms with Crippen LogP contribution < -0.4 is 14.2 Å². The Hall–Kier alpha value is -6.44. The van der Waals surface area contributed by atoms with Gasteiger partial charge in [-0.2, -0.15) is 0 Å². The van der Waals surface area contributed by atoms with Crippen molar-refractivity contribution in [3.63, 3.8) is 0 Å². The van der Waals surface area contributed by atoms with E-state index in [2.05, 4.69) is 43.4 Å². The third-order valence-corrected chi connectivity index (χ3v) is 6.52. The van der Waals surface area contributed by atoms with Gasteiger partial charge in [0.25, 0.3) is 0 Å². The first-order chi connectivity index (χ1) is 22.8. The van der Waals surface area contributed by atoms with Crippen molar-refractivity contribution in [1.29, 1.82) is 0 Å². The minimum Gasteiger partial charge on any atom is -0.423 e. The first-order valence-electron chi connectivity index (χ1n) is 14.4. The number of alkyl halides is 1. The van der Waals surface area contributed by atoms with Crippen LogP contribution in [0.15, 0.2) is 123 Å². The van der Waals surface area contributed by atoms with Crippen LogP contribution in [0.3, 0.4) is 0 Å². The van der Waals surface area contributed by atoms with Crippen LogP contribution in [0.4, 0.5) is 4.39 Å². The molecule has 0 saturated heterocycles. The molecule has 47 heavy (non-hydrogen) atoms. The minimum absolute atomic E-state index is 0.178. The molecule has 4 aromatic carbocycles. The maximum atomic E-state index is 13.3. The van der Waals surface area contributed by atoms with E-state index >= 15 is 0 Å². The summed E-state index contributed by atoms with van der Waals surface area (Å²) in [7, 11) is 0. The summed E-state index contributed by atoms with van der Waals surface area (Å²) in [6.07, 6.45) is 3.79. The van der Waals surface area contributed by atoms with Crippen LogP contribution >= 0.6 is 0 Å². The molecule has 0 aromatic heterocycles. The number of hydrogen-bond donors (Lipinski definition) is 0. The van der Waals surface area contributed by atoms with Crippen LogP contribution in [0.2, 0.25) is 0 Å². The maximum absolute atomic E-state index is 13.3. The van der Waals surface area contributed by atoms with E-state index in [0.717, 1.165) is 34.9 Å². The van der Waals surface area contributed by atoms with Crippen molar-refractivity contribution in [2.45, 2.75) is 12.8 Å². The van der Waals surface area contributed by atoms with E-state index in [0.29, 0.717) is 40.2 Å². The van der Waals surface area contributed by atoms with Crippen LogP contribution in [0, 0.1) is 23.7 Å². The lowest BCUT2D eigenvalue weighted by Gasteiger charge is -2.11. The van der Waals surface area contributed by atoms with E-state index in [9.17, 15) is 18.8 Å². The van der Waals surface area contributed by atoms with Crippen LogP contribution in [0.25, 0.3) is 11.1 Å². The zero-order chi connectivity index (χ0) is 33.6. The summed E-state index contributed by atoms with van der Waals surface area (Å²) in [6.45, 7) is 9.71. The average Bonchev–Trinajstić information content (AvgIpc) is 3.10. The second-order valence-corrected chi connectivity index (χ2v) is 9.80. The van der Waals surface area contributed by atoms with Crippen LogP contribution in [0.1, 0.15) is 34.2 Å². The molecule has 0 saturated carbocycles. The molecule has 0 bridgehead atoms. The largest absolute Gasteiger partial charge is 0.423 e. The monoisotopic (exact) mass is 624 g/mol. The molecule has 0 aliphatic carbocycles. The zero-order valence-electron chi connectivity index (χ0n) is 25.4. The van der Waals surface area contributed by atoms with E-state index in [4.69, 9.17) is 14.2 Å². The van der Waals surface area contributed by atoms with E-state index in [1.807, 2.05) is 42.5 Å². The third kappa shape index (κ3) is 9.78. The molecule has 0 unspecified atom stereocenters. The number of carbonyl (C=O) groups excluding carboxylic acids is 3. The highest BCUT2D eigenvalue weighted by Crippen LogP contribution is 2.27. The molecule has 0 aliphatic rings. The molecular formula is C40H29FO6. The van der Waals surface area contributed by atoms with Gasteiger partial charge in [0, 0.05) is 34.9 Å². The van der Waals surface area contributed by atoms with E-state index in [1.165, 1.54) is 0 Å². The predicted octanol–water partition coefficient (Wildman–Crippen LogP) is 7.33. The SMILES string of the molecule is C=CC(=O)Oc1ccc(C#Cc2c(CCCF)cc(C#Cc3ccc(-c4ccc(OC(=O)C=C)cc4)cc3)cc2OC(=O)C=C)cc1. The van der Waals surface area contributed by atoms with Gasteiger partial charge in [0.05, 0.1) is 12.2 Å². The Kier molecular flexibility index (Phi) is 11.8. The highest BCUT2D eigenvalue weighted by Gasteiger charge is 2.13. The molecule has 0 N–H and O–H groups in total. The average molecular weight is 625 g/mol. The zero-order valence-corrected chi connectivity index (χ0v) is 25.4. The molecule has 4 aromatic rings. The first kappa shape index (κ1) is 33.5. The lowest BCUT2D eigenvalue weighted by Crippen LogP contribution is -2.07. The Morgan fingerprint density at radius 1 is 0.596 bits per heavy atom. The van der Waals surface area contributed by atoms with Gasteiger partial charge in [0.1, 0.15) is 17.2 Å². The van der Waals surface area contributed by atoms with Gasteiger partial charge in [-0.05, 0) is 90.2 Å². The summed E-state index contributed by atoms with van der Waals surface area (Å²) >= 11 is 0. The Bertz CT molecular complexity index is 1930. The Labute approximate surface area is 272 Å². The molecule has 0 aliphatic heterocycles. The molecule has 7 heteroatoms. The first-order valence-corrected chi connectivity index (χ1v) is 14.4.